The van der Waals surface area contributed by atoms with Gasteiger partial charge in [0.05, 0.1) is 21.1 Å². The molecule has 0 radical (unpaired) electrons. The lowest BCUT2D eigenvalue weighted by Gasteiger charge is -2.36. The van der Waals surface area contributed by atoms with E-state index < -0.39 is 30.9 Å². The van der Waals surface area contributed by atoms with Gasteiger partial charge in [-0.2, -0.15) is 4.31 Å². The number of sulfonamides is 2. The number of piperazine rings is 1. The molecule has 12 nitrogen and oxygen atoms in total. The first-order valence-corrected chi connectivity index (χ1v) is 13.1. The van der Waals surface area contributed by atoms with Gasteiger partial charge >= 0.3 is 0 Å². The summed E-state index contributed by atoms with van der Waals surface area (Å²) in [6, 6.07) is 3.67. The molecule has 0 atom stereocenters. The number of amidine groups is 1. The third-order valence-corrected chi connectivity index (χ3v) is 8.80. The number of fused-ring (bicyclic) bond motifs is 1. The van der Waals surface area contributed by atoms with Crippen LogP contribution in [0.1, 0.15) is 5.56 Å². The molecular weight excluding hydrogens is 474 g/mol. The maximum absolute atomic E-state index is 13.1. The normalized spacial score (nSPS) is 20.6. The lowest BCUT2D eigenvalue weighted by Crippen LogP contribution is -2.52. The predicted octanol–water partition coefficient (Wildman–Crippen LogP) is 0.234. The summed E-state index contributed by atoms with van der Waals surface area (Å²) >= 11 is 0. The molecule has 0 unspecified atom stereocenters. The summed E-state index contributed by atoms with van der Waals surface area (Å²) < 4.78 is 55.0. The number of amides is 1. The Bertz CT molecular complexity index is 1320. The van der Waals surface area contributed by atoms with Crippen LogP contribution in [0.25, 0.3) is 0 Å². The van der Waals surface area contributed by atoms with E-state index in [0.29, 0.717) is 5.56 Å². The SMILES string of the molecule is Cc1ccc([N+](=O)[O-])cc1S(=O)(=O)N1CCN(C(=O)C2=CC=CN3CCS(=O)(=O)N=C23)CC1. The van der Waals surface area contributed by atoms with E-state index in [0.717, 1.165) is 6.07 Å². The van der Waals surface area contributed by atoms with Crippen LogP contribution in [0.5, 0.6) is 0 Å². The van der Waals surface area contributed by atoms with Crippen LogP contribution >= 0.6 is 0 Å². The van der Waals surface area contributed by atoms with E-state index >= 15 is 0 Å². The van der Waals surface area contributed by atoms with Crippen LogP contribution in [0.2, 0.25) is 0 Å². The third kappa shape index (κ3) is 4.41. The zero-order valence-electron chi connectivity index (χ0n) is 17.6. The van der Waals surface area contributed by atoms with Gasteiger partial charge in [0.15, 0.2) is 5.84 Å². The highest BCUT2D eigenvalue weighted by Gasteiger charge is 2.36. The minimum absolute atomic E-state index is 0.00614. The van der Waals surface area contributed by atoms with E-state index in [1.54, 1.807) is 24.1 Å². The van der Waals surface area contributed by atoms with Crippen molar-refractivity contribution in [2.75, 3.05) is 38.5 Å². The Morgan fingerprint density at radius 1 is 1.15 bits per heavy atom. The van der Waals surface area contributed by atoms with E-state index in [1.807, 2.05) is 0 Å². The van der Waals surface area contributed by atoms with Crippen molar-refractivity contribution < 1.29 is 26.6 Å². The van der Waals surface area contributed by atoms with E-state index in [2.05, 4.69) is 4.40 Å². The van der Waals surface area contributed by atoms with Crippen molar-refractivity contribution in [2.45, 2.75) is 11.8 Å². The fourth-order valence-corrected chi connectivity index (χ4v) is 6.46. The summed E-state index contributed by atoms with van der Waals surface area (Å²) in [5.74, 6) is -0.518. The van der Waals surface area contributed by atoms with Crippen LogP contribution in [0.15, 0.2) is 51.4 Å². The molecule has 0 aliphatic carbocycles. The Morgan fingerprint density at radius 2 is 1.85 bits per heavy atom. The highest BCUT2D eigenvalue weighted by Crippen LogP contribution is 2.26. The maximum Gasteiger partial charge on any atom is 0.270 e. The first-order valence-electron chi connectivity index (χ1n) is 10.0. The number of nitro benzene ring substituents is 1. The third-order valence-electron chi connectivity index (χ3n) is 5.61. The molecule has 0 saturated carbocycles. The molecule has 1 fully saturated rings. The number of allylic oxidation sites excluding steroid dienone is 2. The van der Waals surface area contributed by atoms with Crippen LogP contribution < -0.4 is 0 Å². The van der Waals surface area contributed by atoms with Gasteiger partial charge < -0.3 is 9.80 Å². The molecule has 3 heterocycles. The number of hydrogen-bond donors (Lipinski definition) is 0. The molecule has 1 amide bonds. The van der Waals surface area contributed by atoms with Gasteiger partial charge in [0.25, 0.3) is 21.6 Å². The summed E-state index contributed by atoms with van der Waals surface area (Å²) in [4.78, 5) is 26.4. The quantitative estimate of drug-likeness (QED) is 0.425. The fourth-order valence-electron chi connectivity index (χ4n) is 3.80. The molecule has 14 heteroatoms. The Labute approximate surface area is 190 Å². The van der Waals surface area contributed by atoms with Gasteiger partial charge in [-0.1, -0.05) is 6.07 Å². The minimum Gasteiger partial charge on any atom is -0.336 e. The fraction of sp³-hybridized carbons (Fsp3) is 0.368. The monoisotopic (exact) mass is 495 g/mol. The molecule has 0 N–H and O–H groups in total. The van der Waals surface area contributed by atoms with Gasteiger partial charge in [-0.05, 0) is 24.6 Å². The maximum atomic E-state index is 13.1. The number of hydrogen-bond acceptors (Lipinski definition) is 8. The zero-order chi connectivity index (χ0) is 24.0. The molecule has 0 spiro atoms. The molecule has 3 aliphatic rings. The number of rotatable bonds is 4. The first-order chi connectivity index (χ1) is 15.5. The molecule has 33 heavy (non-hydrogen) atoms. The van der Waals surface area contributed by atoms with Crippen molar-refractivity contribution in [2.24, 2.45) is 4.40 Å². The molecule has 1 aromatic rings. The average Bonchev–Trinajstić information content (AvgIpc) is 2.77. The number of carbonyl (C=O) groups is 1. The largest absolute Gasteiger partial charge is 0.336 e. The average molecular weight is 496 g/mol. The number of nitro groups is 1. The molecule has 0 bridgehead atoms. The summed E-state index contributed by atoms with van der Waals surface area (Å²) in [5.41, 5.74) is 0.194. The Kier molecular flexibility index (Phi) is 5.84. The predicted molar refractivity (Wildman–Crippen MR) is 118 cm³/mol. The lowest BCUT2D eigenvalue weighted by molar-refractivity contribution is -0.385. The standard InChI is InChI=1S/C19H21N5O7S2/c1-14-4-5-15(24(26)27)13-17(14)33(30,31)23-9-7-22(8-10-23)19(25)16-3-2-6-21-11-12-32(28,29)20-18(16)21/h2-6,13H,7-12H2,1H3. The van der Waals surface area contributed by atoms with Crippen LogP contribution in [0.3, 0.4) is 0 Å². The number of benzene rings is 1. The van der Waals surface area contributed by atoms with Crippen molar-refractivity contribution >= 4 is 37.5 Å². The van der Waals surface area contributed by atoms with Crippen molar-refractivity contribution in [3.05, 3.63) is 57.8 Å². The highest BCUT2D eigenvalue weighted by atomic mass is 32.2. The number of aryl methyl sites for hydroxylation is 1. The van der Waals surface area contributed by atoms with E-state index in [1.165, 1.54) is 27.4 Å². The van der Waals surface area contributed by atoms with Crippen LogP contribution in [0.4, 0.5) is 5.69 Å². The van der Waals surface area contributed by atoms with Gasteiger partial charge in [0.2, 0.25) is 10.0 Å². The second kappa shape index (κ2) is 8.35. The van der Waals surface area contributed by atoms with Crippen molar-refractivity contribution in [3.63, 3.8) is 0 Å². The van der Waals surface area contributed by atoms with Gasteiger partial charge in [0.1, 0.15) is 0 Å². The van der Waals surface area contributed by atoms with Gasteiger partial charge in [0, 0.05) is 51.1 Å². The Balaban J connectivity index is 1.51. The van der Waals surface area contributed by atoms with E-state index in [9.17, 15) is 31.7 Å². The molecule has 1 saturated heterocycles. The van der Waals surface area contributed by atoms with Crippen molar-refractivity contribution in [3.8, 4) is 0 Å². The second-order valence-electron chi connectivity index (χ2n) is 7.72. The van der Waals surface area contributed by atoms with Crippen molar-refractivity contribution in [1.29, 1.82) is 0 Å². The smallest absolute Gasteiger partial charge is 0.270 e. The second-order valence-corrected chi connectivity index (χ2v) is 11.4. The van der Waals surface area contributed by atoms with Gasteiger partial charge in [-0.3, -0.25) is 14.9 Å². The Hall–Kier alpha value is -3.10. The highest BCUT2D eigenvalue weighted by molar-refractivity contribution is 7.90. The zero-order valence-corrected chi connectivity index (χ0v) is 19.3. The summed E-state index contributed by atoms with van der Waals surface area (Å²) in [6.07, 6.45) is 4.78. The summed E-state index contributed by atoms with van der Waals surface area (Å²) in [5, 5.41) is 11.1. The molecule has 4 rings (SSSR count). The van der Waals surface area contributed by atoms with Gasteiger partial charge in [-0.25, -0.2) is 16.8 Å². The number of non-ortho nitro benzene ring substituents is 1. The molecule has 1 aromatic carbocycles. The van der Waals surface area contributed by atoms with Crippen LogP contribution in [-0.4, -0.2) is 86.1 Å². The minimum atomic E-state index is -4.00. The van der Waals surface area contributed by atoms with E-state index in [4.69, 9.17) is 0 Å². The van der Waals surface area contributed by atoms with Crippen LogP contribution in [-0.2, 0) is 24.8 Å². The molecule has 3 aliphatic heterocycles. The first kappa shape index (κ1) is 23.1. The lowest BCUT2D eigenvalue weighted by atomic mass is 10.1. The van der Waals surface area contributed by atoms with Crippen molar-refractivity contribution in [1.82, 2.24) is 14.1 Å². The molecular formula is C19H21N5O7S2. The summed E-state index contributed by atoms with van der Waals surface area (Å²) in [7, 11) is -7.66. The topological polar surface area (TPSA) is 151 Å². The molecule has 0 aromatic heterocycles. The van der Waals surface area contributed by atoms with Crippen LogP contribution in [0, 0.1) is 17.0 Å². The number of carbonyl (C=O) groups excluding carboxylic acids is 1. The molecule has 176 valence electrons. The van der Waals surface area contributed by atoms with Gasteiger partial charge in [-0.15, -0.1) is 4.40 Å². The number of nitrogens with zero attached hydrogens (tertiary/aromatic N) is 5. The summed E-state index contributed by atoms with van der Waals surface area (Å²) in [6.45, 7) is 1.89. The van der Waals surface area contributed by atoms with E-state index in [-0.39, 0.29) is 60.5 Å². The Morgan fingerprint density at radius 3 is 2.52 bits per heavy atom.